The van der Waals surface area contributed by atoms with Crippen molar-refractivity contribution in [3.05, 3.63) is 22.4 Å². The van der Waals surface area contributed by atoms with Gasteiger partial charge >= 0.3 is 7.12 Å². The number of pyridine rings is 1. The Labute approximate surface area is 140 Å². The maximum atomic E-state index is 6.10. The van der Waals surface area contributed by atoms with Crippen LogP contribution in [0.4, 0.5) is 0 Å². The minimum atomic E-state index is -0.410. The van der Waals surface area contributed by atoms with Crippen LogP contribution < -0.4 is 5.46 Å². The first-order valence-corrected chi connectivity index (χ1v) is 8.30. The van der Waals surface area contributed by atoms with Crippen molar-refractivity contribution in [2.75, 3.05) is 19.8 Å². The summed E-state index contributed by atoms with van der Waals surface area (Å²) in [5.41, 5.74) is 1.04. The molecular formula is C15H21BBrNO4. The van der Waals surface area contributed by atoms with Gasteiger partial charge in [-0.2, -0.15) is 0 Å². The average Bonchev–Trinajstić information content (AvgIpc) is 2.68. The van der Waals surface area contributed by atoms with Gasteiger partial charge in [-0.15, -0.1) is 0 Å². The molecule has 22 heavy (non-hydrogen) atoms. The topological polar surface area (TPSA) is 49.8 Å². The van der Waals surface area contributed by atoms with Gasteiger partial charge in [-0.1, -0.05) is 0 Å². The van der Waals surface area contributed by atoms with E-state index in [1.54, 1.807) is 0 Å². The lowest BCUT2D eigenvalue weighted by Crippen LogP contribution is -2.41. The van der Waals surface area contributed by atoms with Crippen molar-refractivity contribution in [3.63, 3.8) is 0 Å². The zero-order chi connectivity index (χ0) is 16.0. The molecule has 0 spiro atoms. The van der Waals surface area contributed by atoms with Gasteiger partial charge in [0.15, 0.2) is 0 Å². The van der Waals surface area contributed by atoms with Crippen LogP contribution >= 0.6 is 15.9 Å². The molecule has 0 amide bonds. The first-order chi connectivity index (χ1) is 10.3. The third-order valence-electron chi connectivity index (χ3n) is 4.51. The van der Waals surface area contributed by atoms with Crippen molar-refractivity contribution in [3.8, 4) is 0 Å². The molecule has 0 radical (unpaired) electrons. The second-order valence-electron chi connectivity index (χ2n) is 6.67. The quantitative estimate of drug-likeness (QED) is 0.591. The Morgan fingerprint density at radius 1 is 1.14 bits per heavy atom. The Hall–Kier alpha value is -0.465. The van der Waals surface area contributed by atoms with Crippen molar-refractivity contribution in [1.82, 2.24) is 4.98 Å². The minimum Gasteiger partial charge on any atom is -0.399 e. The first-order valence-electron chi connectivity index (χ1n) is 7.51. The second-order valence-corrected chi connectivity index (χ2v) is 7.48. The van der Waals surface area contributed by atoms with Crippen LogP contribution in [0, 0.1) is 0 Å². The maximum Gasteiger partial charge on any atom is 0.494 e. The normalized spacial score (nSPS) is 27.1. The molecule has 0 aliphatic carbocycles. The van der Waals surface area contributed by atoms with E-state index in [0.717, 1.165) is 15.8 Å². The molecule has 1 aromatic heterocycles. The summed E-state index contributed by atoms with van der Waals surface area (Å²) < 4.78 is 24.1. The lowest BCUT2D eigenvalue weighted by molar-refractivity contribution is -0.0917. The number of hydrogen-bond acceptors (Lipinski definition) is 5. The predicted octanol–water partition coefficient (Wildman–Crippen LogP) is 2.23. The largest absolute Gasteiger partial charge is 0.494 e. The number of nitrogens with zero attached hydrogens (tertiary/aromatic N) is 1. The fourth-order valence-corrected chi connectivity index (χ4v) is 2.95. The third kappa shape index (κ3) is 3.10. The van der Waals surface area contributed by atoms with Crippen LogP contribution in [0.1, 0.15) is 39.5 Å². The summed E-state index contributed by atoms with van der Waals surface area (Å²) in [4.78, 5) is 4.50. The fourth-order valence-electron chi connectivity index (χ4n) is 2.48. The molecule has 0 N–H and O–H groups in total. The Bertz CT molecular complexity index is 544. The van der Waals surface area contributed by atoms with Gasteiger partial charge in [0, 0.05) is 0 Å². The summed E-state index contributed by atoms with van der Waals surface area (Å²) in [7, 11) is -0.410. The highest BCUT2D eigenvalue weighted by Crippen LogP contribution is 2.36. The van der Waals surface area contributed by atoms with Gasteiger partial charge in [-0.05, 0) is 61.2 Å². The molecule has 2 saturated heterocycles. The lowest BCUT2D eigenvalue weighted by atomic mass is 9.79. The van der Waals surface area contributed by atoms with Gasteiger partial charge in [-0.25, -0.2) is 4.98 Å². The van der Waals surface area contributed by atoms with Gasteiger partial charge in [0.2, 0.25) is 0 Å². The molecule has 3 heterocycles. The van der Waals surface area contributed by atoms with Gasteiger partial charge in [0.1, 0.15) is 10.7 Å². The van der Waals surface area contributed by atoms with E-state index >= 15 is 0 Å². The molecule has 1 aromatic rings. The molecule has 0 aromatic carbocycles. The molecule has 1 atom stereocenters. The fraction of sp³-hybridized carbons (Fsp3) is 0.667. The molecular weight excluding hydrogens is 349 g/mol. The SMILES string of the molecule is CC1(C)OB(c2cc(Br)nc(C3COCCO3)c2)OC1(C)C. The summed E-state index contributed by atoms with van der Waals surface area (Å²) >= 11 is 3.47. The second kappa shape index (κ2) is 5.87. The summed E-state index contributed by atoms with van der Waals surface area (Å²) in [6, 6.07) is 3.90. The predicted molar refractivity (Wildman–Crippen MR) is 87.2 cm³/mol. The lowest BCUT2D eigenvalue weighted by Gasteiger charge is -2.32. The first kappa shape index (κ1) is 16.4. The smallest absolute Gasteiger partial charge is 0.399 e. The number of rotatable bonds is 2. The molecule has 7 heteroatoms. The van der Waals surface area contributed by atoms with Crippen molar-refractivity contribution < 1.29 is 18.8 Å². The van der Waals surface area contributed by atoms with Gasteiger partial charge in [-0.3, -0.25) is 0 Å². The van der Waals surface area contributed by atoms with Crippen molar-refractivity contribution in [2.24, 2.45) is 0 Å². The average molecular weight is 370 g/mol. The number of aromatic nitrogens is 1. The highest BCUT2D eigenvalue weighted by molar-refractivity contribution is 9.10. The van der Waals surface area contributed by atoms with Crippen LogP contribution in [0.2, 0.25) is 0 Å². The van der Waals surface area contributed by atoms with Crippen LogP contribution in [-0.4, -0.2) is 43.1 Å². The van der Waals surface area contributed by atoms with Crippen LogP contribution in [0.25, 0.3) is 0 Å². The van der Waals surface area contributed by atoms with E-state index < -0.39 is 7.12 Å². The van der Waals surface area contributed by atoms with Crippen LogP contribution in [0.15, 0.2) is 16.7 Å². The Morgan fingerprint density at radius 3 is 2.41 bits per heavy atom. The molecule has 0 saturated carbocycles. The highest BCUT2D eigenvalue weighted by Gasteiger charge is 2.51. The number of hydrogen-bond donors (Lipinski definition) is 0. The summed E-state index contributed by atoms with van der Waals surface area (Å²) in [5.74, 6) is 0. The minimum absolute atomic E-state index is 0.146. The van der Waals surface area contributed by atoms with E-state index in [1.807, 2.05) is 39.8 Å². The van der Waals surface area contributed by atoms with E-state index in [9.17, 15) is 0 Å². The maximum absolute atomic E-state index is 6.10. The molecule has 3 rings (SSSR count). The van der Waals surface area contributed by atoms with Gasteiger partial charge < -0.3 is 18.8 Å². The Balaban J connectivity index is 1.87. The van der Waals surface area contributed by atoms with Crippen molar-refractivity contribution >= 4 is 28.5 Å². The third-order valence-corrected chi connectivity index (χ3v) is 4.91. The van der Waals surface area contributed by atoms with Crippen molar-refractivity contribution in [2.45, 2.75) is 45.0 Å². The Morgan fingerprint density at radius 2 is 1.82 bits per heavy atom. The van der Waals surface area contributed by atoms with E-state index in [0.29, 0.717) is 19.8 Å². The van der Waals surface area contributed by atoms with Crippen LogP contribution in [-0.2, 0) is 18.8 Å². The zero-order valence-corrected chi connectivity index (χ0v) is 15.0. The van der Waals surface area contributed by atoms with E-state index in [4.69, 9.17) is 18.8 Å². The van der Waals surface area contributed by atoms with E-state index in [-0.39, 0.29) is 17.3 Å². The number of halogens is 1. The molecule has 120 valence electrons. The van der Waals surface area contributed by atoms with E-state index in [2.05, 4.69) is 20.9 Å². The monoisotopic (exact) mass is 369 g/mol. The zero-order valence-electron chi connectivity index (χ0n) is 13.4. The Kier molecular flexibility index (Phi) is 4.38. The highest BCUT2D eigenvalue weighted by atomic mass is 79.9. The van der Waals surface area contributed by atoms with Gasteiger partial charge in [0.05, 0.1) is 36.7 Å². The molecule has 5 nitrogen and oxygen atoms in total. The molecule has 2 aliphatic rings. The van der Waals surface area contributed by atoms with Crippen LogP contribution in [0.5, 0.6) is 0 Å². The summed E-state index contributed by atoms with van der Waals surface area (Å²) in [6.45, 7) is 9.92. The number of ether oxygens (including phenoxy) is 2. The molecule has 1 unspecified atom stereocenters. The standard InChI is InChI=1S/C15H21BBrNO4/c1-14(2)15(3,4)22-16(21-14)10-7-11(18-13(17)8-10)12-9-19-5-6-20-12/h7-8,12H,5-6,9H2,1-4H3. The molecule has 0 bridgehead atoms. The van der Waals surface area contributed by atoms with Gasteiger partial charge in [0.25, 0.3) is 0 Å². The van der Waals surface area contributed by atoms with E-state index in [1.165, 1.54) is 0 Å². The summed E-state index contributed by atoms with van der Waals surface area (Å²) in [6.07, 6.45) is -0.146. The summed E-state index contributed by atoms with van der Waals surface area (Å²) in [5, 5.41) is 0. The van der Waals surface area contributed by atoms with Crippen molar-refractivity contribution in [1.29, 1.82) is 0 Å². The van der Waals surface area contributed by atoms with Crippen LogP contribution in [0.3, 0.4) is 0 Å². The molecule has 2 aliphatic heterocycles. The molecule has 2 fully saturated rings.